The Hall–Kier alpha value is -4.82. The van der Waals surface area contributed by atoms with Crippen molar-refractivity contribution >= 4 is 34.6 Å². The van der Waals surface area contributed by atoms with Gasteiger partial charge in [-0.3, -0.25) is 28.7 Å². The molecule has 3 aromatic heterocycles. The third-order valence-electron chi connectivity index (χ3n) is 7.40. The van der Waals surface area contributed by atoms with Gasteiger partial charge in [0.05, 0.1) is 43.6 Å². The van der Waals surface area contributed by atoms with Gasteiger partial charge in [-0.2, -0.15) is 5.10 Å². The van der Waals surface area contributed by atoms with Gasteiger partial charge in [-0.1, -0.05) is 12.1 Å². The minimum absolute atomic E-state index is 0.0368. The van der Waals surface area contributed by atoms with Crippen LogP contribution in [0.2, 0.25) is 0 Å². The van der Waals surface area contributed by atoms with Crippen LogP contribution in [0.4, 0.5) is 5.82 Å². The van der Waals surface area contributed by atoms with E-state index >= 15 is 0 Å². The summed E-state index contributed by atoms with van der Waals surface area (Å²) in [5.41, 5.74) is 9.05. The van der Waals surface area contributed by atoms with Crippen molar-refractivity contribution in [3.8, 4) is 11.1 Å². The van der Waals surface area contributed by atoms with Gasteiger partial charge in [0, 0.05) is 43.6 Å². The number of aromatic carboxylic acids is 1. The van der Waals surface area contributed by atoms with Gasteiger partial charge in [0.25, 0.3) is 0 Å². The number of para-hydroxylation sites is 1. The van der Waals surface area contributed by atoms with E-state index in [1.807, 2.05) is 18.2 Å². The van der Waals surface area contributed by atoms with Crippen LogP contribution in [0, 0.1) is 0 Å². The van der Waals surface area contributed by atoms with E-state index in [2.05, 4.69) is 15.4 Å². The summed E-state index contributed by atoms with van der Waals surface area (Å²) in [5.74, 6) is -1.95. The van der Waals surface area contributed by atoms with Gasteiger partial charge < -0.3 is 20.3 Å². The molecule has 1 fully saturated rings. The van der Waals surface area contributed by atoms with Crippen LogP contribution >= 0.6 is 0 Å². The van der Waals surface area contributed by atoms with Gasteiger partial charge in [0.2, 0.25) is 11.8 Å². The molecule has 4 aromatic rings. The highest BCUT2D eigenvalue weighted by Crippen LogP contribution is 2.26. The van der Waals surface area contributed by atoms with Crippen LogP contribution in [-0.4, -0.2) is 73.2 Å². The molecule has 14 heteroatoms. The number of carbonyl (C=O) groups excluding carboxylic acids is 2. The zero-order valence-corrected chi connectivity index (χ0v) is 23.7. The number of carbonyl (C=O) groups is 3. The van der Waals surface area contributed by atoms with E-state index in [1.165, 1.54) is 16.8 Å². The number of imidazole rings is 1. The van der Waals surface area contributed by atoms with Gasteiger partial charge >= 0.3 is 11.7 Å². The molecule has 0 radical (unpaired) electrons. The van der Waals surface area contributed by atoms with Crippen LogP contribution in [0.1, 0.15) is 41.2 Å². The summed E-state index contributed by atoms with van der Waals surface area (Å²) in [7, 11) is 1.69. The standard InChI is InChI=1S/C29H33N7O7/c1-34-25-18(4-2-6-22(25)36(29(34)41)23-7-8-24(37)33-27(23)38)5-3-10-42-12-13-43-11-9-35-17-20(16-32-35)19-14-21(28(39)40)26(30)31-15-19/h2,4,6,14-17,23H,3,5,7-13H2,1H3,(H2,30,31)(H,39,40)(H,33,37,38). The lowest BCUT2D eigenvalue weighted by atomic mass is 10.0. The smallest absolute Gasteiger partial charge is 0.339 e. The van der Waals surface area contributed by atoms with Gasteiger partial charge in [-0.15, -0.1) is 0 Å². The third kappa shape index (κ3) is 6.49. The van der Waals surface area contributed by atoms with Gasteiger partial charge in [0.1, 0.15) is 17.4 Å². The Morgan fingerprint density at radius 2 is 1.91 bits per heavy atom. The molecule has 5 rings (SSSR count). The highest BCUT2D eigenvalue weighted by molar-refractivity contribution is 6.00. The molecule has 1 aromatic carbocycles. The van der Waals surface area contributed by atoms with Crippen molar-refractivity contribution in [2.45, 2.75) is 38.3 Å². The number of nitrogen functional groups attached to an aromatic ring is 1. The van der Waals surface area contributed by atoms with Crippen LogP contribution in [-0.2, 0) is 39.1 Å². The van der Waals surface area contributed by atoms with E-state index in [-0.39, 0.29) is 29.4 Å². The summed E-state index contributed by atoms with van der Waals surface area (Å²) < 4.78 is 16.1. The van der Waals surface area contributed by atoms with Crippen LogP contribution in [0.5, 0.6) is 0 Å². The number of aryl methyl sites for hydroxylation is 2. The number of fused-ring (bicyclic) bond motifs is 1. The topological polar surface area (TPSA) is 186 Å². The molecule has 0 spiro atoms. The van der Waals surface area contributed by atoms with Crippen molar-refractivity contribution < 1.29 is 29.0 Å². The first-order valence-corrected chi connectivity index (χ1v) is 13.9. The number of carboxylic acids is 1. The number of ether oxygens (including phenoxy) is 2. The normalized spacial score (nSPS) is 15.2. The predicted molar refractivity (Wildman–Crippen MR) is 155 cm³/mol. The Morgan fingerprint density at radius 3 is 2.67 bits per heavy atom. The molecular formula is C29H33N7O7. The second-order valence-corrected chi connectivity index (χ2v) is 10.2. The lowest BCUT2D eigenvalue weighted by molar-refractivity contribution is -0.135. The summed E-state index contributed by atoms with van der Waals surface area (Å²) in [4.78, 5) is 52.3. The van der Waals surface area contributed by atoms with Crippen molar-refractivity contribution in [1.29, 1.82) is 0 Å². The molecule has 43 heavy (non-hydrogen) atoms. The highest BCUT2D eigenvalue weighted by atomic mass is 16.5. The lowest BCUT2D eigenvalue weighted by Gasteiger charge is -2.21. The maximum absolute atomic E-state index is 13.1. The molecule has 2 amide bonds. The van der Waals surface area contributed by atoms with Crippen LogP contribution in [0.25, 0.3) is 22.2 Å². The average Bonchev–Trinajstić information content (AvgIpc) is 3.55. The monoisotopic (exact) mass is 591 g/mol. The van der Waals surface area contributed by atoms with Gasteiger partial charge in [0.15, 0.2) is 0 Å². The summed E-state index contributed by atoms with van der Waals surface area (Å²) in [6.45, 7) is 2.28. The molecule has 4 heterocycles. The summed E-state index contributed by atoms with van der Waals surface area (Å²) >= 11 is 0. The molecule has 226 valence electrons. The first-order chi connectivity index (χ1) is 20.7. The summed E-state index contributed by atoms with van der Waals surface area (Å²) in [6.07, 6.45) is 6.84. The molecule has 1 unspecified atom stereocenters. The predicted octanol–water partition coefficient (Wildman–Crippen LogP) is 1.52. The van der Waals surface area contributed by atoms with E-state index in [4.69, 9.17) is 15.2 Å². The number of nitrogens with two attached hydrogens (primary N) is 1. The molecule has 0 bridgehead atoms. The van der Waals surface area contributed by atoms with Crippen LogP contribution < -0.4 is 16.7 Å². The Morgan fingerprint density at radius 1 is 1.12 bits per heavy atom. The fourth-order valence-corrected chi connectivity index (χ4v) is 5.24. The number of hydrogen-bond acceptors (Lipinski definition) is 9. The fourth-order valence-electron chi connectivity index (χ4n) is 5.24. The largest absolute Gasteiger partial charge is 0.478 e. The molecule has 0 saturated carbocycles. The zero-order valence-electron chi connectivity index (χ0n) is 23.7. The first-order valence-electron chi connectivity index (χ1n) is 13.9. The van der Waals surface area contributed by atoms with Gasteiger partial charge in [-0.25, -0.2) is 14.6 Å². The molecule has 1 aliphatic rings. The number of aromatic nitrogens is 5. The number of nitrogens with zero attached hydrogens (tertiary/aromatic N) is 5. The minimum atomic E-state index is -1.14. The Bertz CT molecular complexity index is 1720. The molecular weight excluding hydrogens is 558 g/mol. The highest BCUT2D eigenvalue weighted by Gasteiger charge is 2.31. The maximum Gasteiger partial charge on any atom is 0.339 e. The van der Waals surface area contributed by atoms with Crippen molar-refractivity contribution in [1.82, 2.24) is 29.2 Å². The second-order valence-electron chi connectivity index (χ2n) is 10.2. The molecule has 1 saturated heterocycles. The van der Waals surface area contributed by atoms with Crippen LogP contribution in [0.3, 0.4) is 0 Å². The minimum Gasteiger partial charge on any atom is -0.478 e. The van der Waals surface area contributed by atoms with Crippen molar-refractivity contribution in [2.75, 3.05) is 32.2 Å². The van der Waals surface area contributed by atoms with E-state index < -0.39 is 17.9 Å². The second kappa shape index (κ2) is 13.0. The first kappa shape index (κ1) is 29.7. The molecule has 4 N–H and O–H groups in total. The van der Waals surface area contributed by atoms with Crippen molar-refractivity contribution in [3.05, 3.63) is 64.5 Å². The number of piperidine rings is 1. The van der Waals surface area contributed by atoms with Crippen molar-refractivity contribution in [2.24, 2.45) is 7.05 Å². The SMILES string of the molecule is Cn1c(=O)n(C2CCC(=O)NC2=O)c2cccc(CCCOCCOCCn3cc(-c4cnc(N)c(C(=O)O)c4)cn3)c21. The fraction of sp³-hybridized carbons (Fsp3) is 0.379. The summed E-state index contributed by atoms with van der Waals surface area (Å²) in [6, 6.07) is 6.42. The zero-order chi connectivity index (χ0) is 30.5. The number of hydrogen-bond donors (Lipinski definition) is 3. The Balaban J connectivity index is 1.05. The third-order valence-corrected chi connectivity index (χ3v) is 7.40. The number of rotatable bonds is 13. The molecule has 1 atom stereocenters. The number of pyridine rings is 1. The number of benzene rings is 1. The van der Waals surface area contributed by atoms with E-state index in [1.54, 1.807) is 28.7 Å². The molecule has 0 aliphatic carbocycles. The number of amides is 2. The van der Waals surface area contributed by atoms with E-state index in [9.17, 15) is 24.3 Å². The number of imide groups is 1. The van der Waals surface area contributed by atoms with Crippen molar-refractivity contribution in [3.63, 3.8) is 0 Å². The Kier molecular flexibility index (Phi) is 8.97. The quantitative estimate of drug-likeness (QED) is 0.152. The Labute approximate surface area is 246 Å². The lowest BCUT2D eigenvalue weighted by Crippen LogP contribution is -2.44. The van der Waals surface area contributed by atoms with Crippen LogP contribution in [0.15, 0.2) is 47.7 Å². The number of carboxylic acid groups (broad SMARTS) is 1. The van der Waals surface area contributed by atoms with E-state index in [0.717, 1.165) is 23.1 Å². The number of nitrogens with one attached hydrogen (secondary N) is 1. The molecule has 1 aliphatic heterocycles. The van der Waals surface area contributed by atoms with E-state index in [0.29, 0.717) is 56.9 Å². The number of anilines is 1. The molecule has 14 nitrogen and oxygen atoms in total. The maximum atomic E-state index is 13.1. The van der Waals surface area contributed by atoms with Gasteiger partial charge in [-0.05, 0) is 37.0 Å². The summed E-state index contributed by atoms with van der Waals surface area (Å²) in [5, 5.41) is 15.9. The average molecular weight is 592 g/mol.